The average molecular weight is 689 g/mol. The highest BCUT2D eigenvalue weighted by atomic mass is 19.4. The molecular weight excluding hydrogens is 650 g/mol. The molecule has 2 atom stereocenters. The molecule has 4 amide bonds. The number of hydrogen-bond acceptors (Lipinski definition) is 3. The van der Waals surface area contributed by atoms with Crippen LogP contribution in [0.25, 0.3) is 0 Å². The number of likely N-dealkylation sites (tertiary alicyclic amines) is 2. The largest absolute Gasteiger partial charge is 0.416 e. The second kappa shape index (κ2) is 14.1. The van der Waals surface area contributed by atoms with Crippen LogP contribution in [0.4, 0.5) is 31.1 Å². The summed E-state index contributed by atoms with van der Waals surface area (Å²) in [5.74, 6) is -1.74. The molecule has 262 valence electrons. The first-order chi connectivity index (χ1) is 23.1. The fraction of sp³-hybridized carbons (Fsp3) is 0.417. The van der Waals surface area contributed by atoms with Crippen LogP contribution in [0, 0.1) is 5.92 Å². The fourth-order valence-corrected chi connectivity index (χ4v) is 7.06. The van der Waals surface area contributed by atoms with Crippen LogP contribution in [0.1, 0.15) is 59.9 Å². The first-order valence-corrected chi connectivity index (χ1v) is 16.0. The molecule has 0 saturated carbocycles. The second-order valence-corrected chi connectivity index (χ2v) is 12.9. The average Bonchev–Trinajstić information content (AvgIpc) is 3.07. The van der Waals surface area contributed by atoms with Crippen molar-refractivity contribution < 1.29 is 40.7 Å². The van der Waals surface area contributed by atoms with Crippen molar-refractivity contribution in [2.24, 2.45) is 5.92 Å². The molecule has 0 radical (unpaired) electrons. The van der Waals surface area contributed by atoms with Gasteiger partial charge in [-0.25, -0.2) is 4.79 Å². The molecule has 7 nitrogen and oxygen atoms in total. The van der Waals surface area contributed by atoms with Gasteiger partial charge in [-0.15, -0.1) is 0 Å². The first kappa shape index (κ1) is 35.7. The van der Waals surface area contributed by atoms with E-state index in [9.17, 15) is 40.7 Å². The highest BCUT2D eigenvalue weighted by molar-refractivity contribution is 5.81. The molecule has 2 aliphatic heterocycles. The van der Waals surface area contributed by atoms with Crippen LogP contribution in [0.2, 0.25) is 0 Å². The number of rotatable bonds is 6. The van der Waals surface area contributed by atoms with E-state index in [1.807, 2.05) is 48.5 Å². The number of benzene rings is 3. The summed E-state index contributed by atoms with van der Waals surface area (Å²) in [6, 6.07) is 19.8. The van der Waals surface area contributed by atoms with Crippen molar-refractivity contribution in [1.82, 2.24) is 20.0 Å². The molecule has 2 saturated heterocycles. The van der Waals surface area contributed by atoms with E-state index in [2.05, 4.69) is 5.32 Å². The molecular formula is C36H38F6N4O3. The molecule has 2 unspecified atom stereocenters. The lowest BCUT2D eigenvalue weighted by Crippen LogP contribution is -2.57. The SMILES string of the molecule is CC(=O)NC1(c2ccccc2)CCN(C(=O)N2CCC(C(=O)N(C)Cc3cc(C(F)(F)F)cc(C(F)(F)F)c3)C(c3ccccc3)C2)CC1. The van der Waals surface area contributed by atoms with E-state index in [-0.39, 0.29) is 43.1 Å². The van der Waals surface area contributed by atoms with Crippen LogP contribution in [0.5, 0.6) is 0 Å². The number of nitrogens with zero attached hydrogens (tertiary/aromatic N) is 3. The van der Waals surface area contributed by atoms with Gasteiger partial charge < -0.3 is 20.0 Å². The first-order valence-electron chi connectivity index (χ1n) is 16.0. The van der Waals surface area contributed by atoms with Gasteiger partial charge in [0.25, 0.3) is 0 Å². The number of piperidine rings is 2. The number of carbonyl (C=O) groups is 3. The summed E-state index contributed by atoms with van der Waals surface area (Å²) in [6.07, 6.45) is -8.74. The molecule has 0 bridgehead atoms. The third-order valence-electron chi connectivity index (χ3n) is 9.50. The Morgan fingerprint density at radius 3 is 1.90 bits per heavy atom. The molecule has 2 fully saturated rings. The van der Waals surface area contributed by atoms with Crippen molar-refractivity contribution >= 4 is 17.8 Å². The molecule has 2 heterocycles. The van der Waals surface area contributed by atoms with Gasteiger partial charge >= 0.3 is 18.4 Å². The molecule has 0 spiro atoms. The topological polar surface area (TPSA) is 73.0 Å². The van der Waals surface area contributed by atoms with Crippen molar-refractivity contribution in [1.29, 1.82) is 0 Å². The smallest absolute Gasteiger partial charge is 0.347 e. The van der Waals surface area contributed by atoms with Gasteiger partial charge in [-0.05, 0) is 54.2 Å². The Hall–Kier alpha value is -4.55. The van der Waals surface area contributed by atoms with Crippen LogP contribution in [-0.4, -0.2) is 65.8 Å². The number of urea groups is 1. The molecule has 0 aliphatic carbocycles. The predicted octanol–water partition coefficient (Wildman–Crippen LogP) is 7.04. The highest BCUT2D eigenvalue weighted by Crippen LogP contribution is 2.39. The van der Waals surface area contributed by atoms with E-state index in [1.54, 1.807) is 21.9 Å². The van der Waals surface area contributed by atoms with E-state index in [4.69, 9.17) is 0 Å². The van der Waals surface area contributed by atoms with Crippen molar-refractivity contribution in [2.45, 2.75) is 56.5 Å². The number of halogens is 6. The normalized spacial score (nSPS) is 19.7. The van der Waals surface area contributed by atoms with Gasteiger partial charge in [0, 0.05) is 58.5 Å². The fourth-order valence-electron chi connectivity index (χ4n) is 7.06. The zero-order chi connectivity index (χ0) is 35.6. The summed E-state index contributed by atoms with van der Waals surface area (Å²) < 4.78 is 80.8. The van der Waals surface area contributed by atoms with Crippen molar-refractivity contribution in [3.05, 3.63) is 107 Å². The van der Waals surface area contributed by atoms with Gasteiger partial charge in [-0.2, -0.15) is 26.3 Å². The Morgan fingerprint density at radius 1 is 0.816 bits per heavy atom. The summed E-state index contributed by atoms with van der Waals surface area (Å²) in [5.41, 5.74) is -2.04. The predicted molar refractivity (Wildman–Crippen MR) is 170 cm³/mol. The summed E-state index contributed by atoms with van der Waals surface area (Å²) in [4.78, 5) is 44.5. The monoisotopic (exact) mass is 688 g/mol. The summed E-state index contributed by atoms with van der Waals surface area (Å²) in [7, 11) is 1.36. The van der Waals surface area contributed by atoms with Crippen LogP contribution >= 0.6 is 0 Å². The van der Waals surface area contributed by atoms with E-state index in [0.29, 0.717) is 38.1 Å². The quantitative estimate of drug-likeness (QED) is 0.283. The zero-order valence-electron chi connectivity index (χ0n) is 27.2. The lowest BCUT2D eigenvalue weighted by atomic mass is 9.79. The maximum Gasteiger partial charge on any atom is 0.416 e. The molecule has 49 heavy (non-hydrogen) atoms. The maximum atomic E-state index is 13.9. The number of carbonyl (C=O) groups excluding carboxylic acids is 3. The summed E-state index contributed by atoms with van der Waals surface area (Å²) >= 11 is 0. The molecule has 1 N–H and O–H groups in total. The van der Waals surface area contributed by atoms with Gasteiger partial charge in [0.1, 0.15) is 0 Å². The highest BCUT2D eigenvalue weighted by Gasteiger charge is 2.43. The molecule has 13 heteroatoms. The number of hydrogen-bond donors (Lipinski definition) is 1. The number of alkyl halides is 6. The Labute approximate surface area is 280 Å². The Balaban J connectivity index is 1.32. The summed E-state index contributed by atoms with van der Waals surface area (Å²) in [6.45, 7) is 2.22. The van der Waals surface area contributed by atoms with Gasteiger partial charge in [-0.3, -0.25) is 9.59 Å². The Bertz CT molecular complexity index is 1610. The third-order valence-corrected chi connectivity index (χ3v) is 9.50. The van der Waals surface area contributed by atoms with E-state index in [0.717, 1.165) is 16.0 Å². The zero-order valence-corrected chi connectivity index (χ0v) is 27.2. The van der Waals surface area contributed by atoms with E-state index < -0.39 is 53.3 Å². The van der Waals surface area contributed by atoms with Gasteiger partial charge in [-0.1, -0.05) is 60.7 Å². The minimum atomic E-state index is -5.00. The van der Waals surface area contributed by atoms with Crippen LogP contribution < -0.4 is 5.32 Å². The third kappa shape index (κ3) is 8.19. The van der Waals surface area contributed by atoms with E-state index in [1.165, 1.54) is 14.0 Å². The van der Waals surface area contributed by atoms with Gasteiger partial charge in [0.05, 0.1) is 16.7 Å². The molecule has 3 aromatic carbocycles. The standard InChI is InChI=1S/C36H38F6N4O3/c1-24(47)43-34(27-11-7-4-8-12-27)14-17-45(18-15-34)33(49)46-16-13-30(31(23-46)26-9-5-3-6-10-26)32(48)44(2)22-25-19-28(35(37,38)39)21-29(20-25)36(40,41)42/h3-12,19-21,30-31H,13-18,22-23H2,1-2H3,(H,43,47). The van der Waals surface area contributed by atoms with Crippen LogP contribution in [-0.2, 0) is 34.0 Å². The lowest BCUT2D eigenvalue weighted by Gasteiger charge is -2.45. The van der Waals surface area contributed by atoms with Crippen LogP contribution in [0.3, 0.4) is 0 Å². The van der Waals surface area contributed by atoms with Crippen molar-refractivity contribution in [3.63, 3.8) is 0 Å². The van der Waals surface area contributed by atoms with Crippen molar-refractivity contribution in [2.75, 3.05) is 33.2 Å². The van der Waals surface area contributed by atoms with E-state index >= 15 is 0 Å². The molecule has 2 aliphatic rings. The van der Waals surface area contributed by atoms with Crippen molar-refractivity contribution in [3.8, 4) is 0 Å². The molecule has 5 rings (SSSR count). The van der Waals surface area contributed by atoms with Crippen LogP contribution in [0.15, 0.2) is 78.9 Å². The minimum Gasteiger partial charge on any atom is -0.347 e. The maximum absolute atomic E-state index is 13.9. The van der Waals surface area contributed by atoms with Gasteiger partial charge in [0.2, 0.25) is 11.8 Å². The molecule has 0 aromatic heterocycles. The summed E-state index contributed by atoms with van der Waals surface area (Å²) in [5, 5.41) is 3.10. The van der Waals surface area contributed by atoms with Gasteiger partial charge in [0.15, 0.2) is 0 Å². The second-order valence-electron chi connectivity index (χ2n) is 12.9. The lowest BCUT2D eigenvalue weighted by molar-refractivity contribution is -0.143. The Kier molecular flexibility index (Phi) is 10.3. The minimum absolute atomic E-state index is 0.0628. The number of nitrogens with one attached hydrogen (secondary N) is 1. The Morgan fingerprint density at radius 2 is 1.37 bits per heavy atom. The molecule has 3 aromatic rings. The number of amides is 4.